The summed E-state index contributed by atoms with van der Waals surface area (Å²) in [6.45, 7) is 9.60. The van der Waals surface area contributed by atoms with Crippen LogP contribution in [0.3, 0.4) is 0 Å². The van der Waals surface area contributed by atoms with Gasteiger partial charge in [0, 0.05) is 13.1 Å². The second-order valence-electron chi connectivity index (χ2n) is 6.53. The van der Waals surface area contributed by atoms with Crippen LogP contribution in [0.25, 0.3) is 0 Å². The second-order valence-corrected chi connectivity index (χ2v) is 8.40. The summed E-state index contributed by atoms with van der Waals surface area (Å²) in [6, 6.07) is 15.5. The third kappa shape index (κ3) is 5.60. The Kier molecular flexibility index (Phi) is 8.40. The fourth-order valence-corrected chi connectivity index (χ4v) is 5.04. The largest absolute Gasteiger partial charge is 0.515 e. The molecule has 2 rings (SSSR count). The van der Waals surface area contributed by atoms with Crippen molar-refractivity contribution in [2.45, 2.75) is 53.4 Å². The summed E-state index contributed by atoms with van der Waals surface area (Å²) in [5.41, 5.74) is 2.05. The Morgan fingerprint density at radius 2 is 1.15 bits per heavy atom. The molecule has 5 heteroatoms. The molecule has 0 atom stereocenters. The van der Waals surface area contributed by atoms with E-state index >= 15 is 0 Å². The fraction of sp³-hybridized carbons (Fsp3) is 0.455. The van der Waals surface area contributed by atoms with E-state index in [1.807, 2.05) is 53.2 Å². The summed E-state index contributed by atoms with van der Waals surface area (Å²) in [5, 5.41) is 0. The van der Waals surface area contributed by atoms with Crippen molar-refractivity contribution in [1.29, 1.82) is 0 Å². The van der Waals surface area contributed by atoms with Crippen LogP contribution in [0.1, 0.15) is 51.7 Å². The quantitative estimate of drug-likeness (QED) is 0.411. The van der Waals surface area contributed by atoms with Gasteiger partial charge in [-0.2, -0.15) is 4.67 Å². The zero-order valence-corrected chi connectivity index (χ0v) is 17.9. The maximum absolute atomic E-state index is 14.0. The molecule has 0 N–H and O–H groups in total. The molecule has 0 radical (unpaired) electrons. The van der Waals surface area contributed by atoms with Gasteiger partial charge in [0.05, 0.1) is 0 Å². The average molecular weight is 389 g/mol. The Morgan fingerprint density at radius 1 is 0.741 bits per heavy atom. The van der Waals surface area contributed by atoms with Gasteiger partial charge in [0.2, 0.25) is 0 Å². The molecular weight excluding hydrogens is 357 g/mol. The van der Waals surface area contributed by atoms with Gasteiger partial charge < -0.3 is 9.05 Å². The number of aryl methyl sites for hydroxylation is 2. The minimum Gasteiger partial charge on any atom is -0.404 e. The summed E-state index contributed by atoms with van der Waals surface area (Å²) in [7, 11) is -3.55. The van der Waals surface area contributed by atoms with Crippen molar-refractivity contribution in [3.63, 3.8) is 0 Å². The third-order valence-electron chi connectivity index (χ3n) is 4.44. The Bertz CT molecular complexity index is 703. The van der Waals surface area contributed by atoms with Gasteiger partial charge in [-0.25, -0.2) is 4.57 Å². The predicted octanol–water partition coefficient (Wildman–Crippen LogP) is 6.50. The van der Waals surface area contributed by atoms with Crippen molar-refractivity contribution in [3.05, 3.63) is 59.7 Å². The van der Waals surface area contributed by atoms with Gasteiger partial charge >= 0.3 is 7.75 Å². The average Bonchev–Trinajstić information content (AvgIpc) is 2.68. The first-order chi connectivity index (χ1) is 13.1. The number of benzene rings is 2. The highest BCUT2D eigenvalue weighted by Gasteiger charge is 2.37. The summed E-state index contributed by atoms with van der Waals surface area (Å²) in [4.78, 5) is 0. The van der Waals surface area contributed by atoms with Crippen LogP contribution >= 0.6 is 7.75 Å². The molecule has 0 fully saturated rings. The first kappa shape index (κ1) is 21.5. The fourth-order valence-electron chi connectivity index (χ4n) is 3.03. The summed E-state index contributed by atoms with van der Waals surface area (Å²) < 4.78 is 28.2. The zero-order valence-electron chi connectivity index (χ0n) is 17.0. The molecule has 0 saturated heterocycles. The molecule has 2 aromatic rings. The van der Waals surface area contributed by atoms with Gasteiger partial charge in [0.1, 0.15) is 11.5 Å². The Labute approximate surface area is 164 Å². The molecule has 0 aliphatic heterocycles. The molecule has 0 heterocycles. The van der Waals surface area contributed by atoms with Crippen LogP contribution < -0.4 is 9.05 Å². The number of rotatable bonds is 11. The SMILES string of the molecule is CCCN(CCC)P(=O)(Oc1ccccc1CC)Oc1ccccc1CC. The van der Waals surface area contributed by atoms with Crippen molar-refractivity contribution in [3.8, 4) is 11.5 Å². The summed E-state index contributed by atoms with van der Waals surface area (Å²) >= 11 is 0. The summed E-state index contributed by atoms with van der Waals surface area (Å²) in [5.74, 6) is 1.27. The Balaban J connectivity index is 2.45. The highest BCUT2D eigenvalue weighted by molar-refractivity contribution is 7.52. The topological polar surface area (TPSA) is 38.8 Å². The lowest BCUT2D eigenvalue weighted by atomic mass is 10.1. The van der Waals surface area contributed by atoms with Crippen LogP contribution in [0.15, 0.2) is 48.5 Å². The van der Waals surface area contributed by atoms with Crippen molar-refractivity contribution in [2.24, 2.45) is 0 Å². The van der Waals surface area contributed by atoms with E-state index in [4.69, 9.17) is 9.05 Å². The van der Waals surface area contributed by atoms with E-state index in [0.29, 0.717) is 24.6 Å². The molecule has 0 spiro atoms. The van der Waals surface area contributed by atoms with Crippen molar-refractivity contribution in [1.82, 2.24) is 4.67 Å². The van der Waals surface area contributed by atoms with Crippen LogP contribution in [0.5, 0.6) is 11.5 Å². The maximum Gasteiger partial charge on any atom is 0.515 e. The van der Waals surface area contributed by atoms with Gasteiger partial charge in [0.25, 0.3) is 0 Å². The molecule has 0 saturated carbocycles. The van der Waals surface area contributed by atoms with Gasteiger partial charge in [-0.15, -0.1) is 0 Å². The van der Waals surface area contributed by atoms with E-state index in [9.17, 15) is 4.57 Å². The Hall–Kier alpha value is -1.77. The number of nitrogens with zero attached hydrogens (tertiary/aromatic N) is 1. The molecule has 4 nitrogen and oxygen atoms in total. The standard InChI is InChI=1S/C22H32NO3P/c1-5-17-23(18-6-2)27(24,25-21-15-11-9-13-19(21)7-3)26-22-16-12-10-14-20(22)8-4/h9-16H,5-8,17-18H2,1-4H3. The van der Waals surface area contributed by atoms with E-state index in [-0.39, 0.29) is 0 Å². The van der Waals surface area contributed by atoms with E-state index in [0.717, 1.165) is 36.8 Å². The Morgan fingerprint density at radius 3 is 1.52 bits per heavy atom. The van der Waals surface area contributed by atoms with Crippen LogP contribution in [0.4, 0.5) is 0 Å². The zero-order chi connectivity index (χ0) is 19.7. The predicted molar refractivity (Wildman–Crippen MR) is 113 cm³/mol. The first-order valence-electron chi connectivity index (χ1n) is 9.98. The molecule has 0 unspecified atom stereocenters. The lowest BCUT2D eigenvalue weighted by molar-refractivity contribution is 0.280. The van der Waals surface area contributed by atoms with Crippen LogP contribution in [-0.2, 0) is 17.4 Å². The van der Waals surface area contributed by atoms with Gasteiger partial charge in [-0.05, 0) is 48.9 Å². The lowest BCUT2D eigenvalue weighted by Crippen LogP contribution is -2.28. The highest BCUT2D eigenvalue weighted by atomic mass is 31.2. The van der Waals surface area contributed by atoms with Gasteiger partial charge in [-0.1, -0.05) is 64.1 Å². The maximum atomic E-state index is 14.0. The first-order valence-corrected chi connectivity index (χ1v) is 11.5. The van der Waals surface area contributed by atoms with Crippen molar-refractivity contribution < 1.29 is 13.6 Å². The van der Waals surface area contributed by atoms with Crippen LogP contribution in [0.2, 0.25) is 0 Å². The molecular formula is C22H32NO3P. The monoisotopic (exact) mass is 389 g/mol. The second kappa shape index (κ2) is 10.5. The number of hydrogen-bond donors (Lipinski definition) is 0. The molecule has 27 heavy (non-hydrogen) atoms. The number of hydrogen-bond acceptors (Lipinski definition) is 3. The van der Waals surface area contributed by atoms with E-state index in [2.05, 4.69) is 27.7 Å². The highest BCUT2D eigenvalue weighted by Crippen LogP contribution is 2.53. The molecule has 0 aliphatic rings. The van der Waals surface area contributed by atoms with Gasteiger partial charge in [0.15, 0.2) is 0 Å². The third-order valence-corrected chi connectivity index (χ3v) is 6.39. The van der Waals surface area contributed by atoms with Crippen molar-refractivity contribution in [2.75, 3.05) is 13.1 Å². The normalized spacial score (nSPS) is 11.6. The van der Waals surface area contributed by atoms with E-state index in [1.54, 1.807) is 0 Å². The van der Waals surface area contributed by atoms with Crippen LogP contribution in [-0.4, -0.2) is 17.8 Å². The molecule has 0 bridgehead atoms. The number of para-hydroxylation sites is 2. The van der Waals surface area contributed by atoms with Crippen molar-refractivity contribution >= 4 is 7.75 Å². The molecule has 0 aliphatic carbocycles. The minimum atomic E-state index is -3.55. The molecule has 0 amide bonds. The molecule has 0 aromatic heterocycles. The smallest absolute Gasteiger partial charge is 0.404 e. The molecule has 148 valence electrons. The van der Waals surface area contributed by atoms with Crippen LogP contribution in [0, 0.1) is 0 Å². The van der Waals surface area contributed by atoms with E-state index < -0.39 is 7.75 Å². The lowest BCUT2D eigenvalue weighted by Gasteiger charge is -2.30. The van der Waals surface area contributed by atoms with Gasteiger partial charge in [-0.3, -0.25) is 0 Å². The van der Waals surface area contributed by atoms with E-state index in [1.165, 1.54) is 0 Å². The summed E-state index contributed by atoms with van der Waals surface area (Å²) in [6.07, 6.45) is 3.37. The minimum absolute atomic E-state index is 0.634. The molecule has 2 aromatic carbocycles.